The van der Waals surface area contributed by atoms with E-state index in [-0.39, 0.29) is 11.8 Å². The number of amides is 2. The Morgan fingerprint density at radius 1 is 1.00 bits per heavy atom. The van der Waals surface area contributed by atoms with Gasteiger partial charge in [-0.05, 0) is 51.0 Å². The molecule has 0 radical (unpaired) electrons. The normalized spacial score (nSPS) is 22.7. The van der Waals surface area contributed by atoms with Crippen LogP contribution in [0.4, 0.5) is 5.69 Å². The quantitative estimate of drug-likeness (QED) is 0.786. The number of rotatable bonds is 4. The van der Waals surface area contributed by atoms with Crippen molar-refractivity contribution in [2.75, 3.05) is 31.6 Å². The monoisotopic (exact) mass is 385 g/mol. The molecule has 1 N–H and O–H groups in total. The van der Waals surface area contributed by atoms with E-state index in [0.717, 1.165) is 11.1 Å². The van der Waals surface area contributed by atoms with Gasteiger partial charge in [-0.2, -0.15) is 0 Å². The lowest BCUT2D eigenvalue weighted by atomic mass is 9.76. The highest BCUT2D eigenvalue weighted by molar-refractivity contribution is 5.97. The number of carboxylic acid groups (broad SMARTS) is 1. The molecule has 2 aliphatic rings. The molecule has 0 unspecified atom stereocenters. The van der Waals surface area contributed by atoms with Crippen molar-refractivity contribution in [3.8, 4) is 0 Å². The van der Waals surface area contributed by atoms with E-state index >= 15 is 0 Å². The first-order valence-electron chi connectivity index (χ1n) is 9.51. The summed E-state index contributed by atoms with van der Waals surface area (Å²) in [6.45, 7) is 6.02. The molecule has 7 nitrogen and oxygen atoms in total. The Morgan fingerprint density at radius 3 is 2.14 bits per heavy atom. The molecule has 0 saturated carbocycles. The largest absolute Gasteiger partial charge is 0.550 e. The Hall–Kier alpha value is -2.67. The van der Waals surface area contributed by atoms with Crippen LogP contribution in [0.15, 0.2) is 35.4 Å². The second-order valence-electron chi connectivity index (χ2n) is 7.47. The Kier molecular flexibility index (Phi) is 6.14. The molecule has 1 saturated heterocycles. The van der Waals surface area contributed by atoms with Gasteiger partial charge in [0, 0.05) is 36.2 Å². The maximum Gasteiger partial charge on any atom is 0.254 e. The molecule has 28 heavy (non-hydrogen) atoms. The third-order valence-corrected chi connectivity index (χ3v) is 5.60. The molecule has 1 aromatic rings. The van der Waals surface area contributed by atoms with E-state index in [1.807, 2.05) is 13.8 Å². The topological polar surface area (TPSA) is 98.8 Å². The average Bonchev–Trinajstić information content (AvgIpc) is 2.70. The van der Waals surface area contributed by atoms with E-state index in [2.05, 4.69) is 5.32 Å². The highest BCUT2D eigenvalue weighted by Gasteiger charge is 2.33. The zero-order valence-electron chi connectivity index (χ0n) is 16.2. The number of allylic oxidation sites excluding steroid dienone is 2. The van der Waals surface area contributed by atoms with Gasteiger partial charge in [0.2, 0.25) is 5.91 Å². The SMILES string of the molecule is CC1=C(C)C[C@@H](C(=O)[O-])[C@@H](C(=O)Nc2ccc(C(=O)N3CCOCC3)cc2)C1. The highest BCUT2D eigenvalue weighted by atomic mass is 16.5. The third kappa shape index (κ3) is 4.42. The van der Waals surface area contributed by atoms with Crippen LogP contribution >= 0.6 is 0 Å². The Labute approximate surface area is 164 Å². The van der Waals surface area contributed by atoms with Crippen LogP contribution in [0, 0.1) is 11.8 Å². The molecule has 1 aliphatic carbocycles. The van der Waals surface area contributed by atoms with Gasteiger partial charge in [-0.3, -0.25) is 9.59 Å². The first kappa shape index (κ1) is 20.1. The number of anilines is 1. The molecular formula is C21H25N2O5-. The summed E-state index contributed by atoms with van der Waals surface area (Å²) < 4.78 is 5.25. The predicted octanol–water partition coefficient (Wildman–Crippen LogP) is 1.21. The van der Waals surface area contributed by atoms with Crippen LogP contribution < -0.4 is 10.4 Å². The summed E-state index contributed by atoms with van der Waals surface area (Å²) in [7, 11) is 0. The van der Waals surface area contributed by atoms with E-state index < -0.39 is 17.8 Å². The number of nitrogens with zero attached hydrogens (tertiary/aromatic N) is 1. The van der Waals surface area contributed by atoms with Gasteiger partial charge in [0.1, 0.15) is 0 Å². The second kappa shape index (κ2) is 8.56. The minimum absolute atomic E-state index is 0.0679. The highest BCUT2D eigenvalue weighted by Crippen LogP contribution is 2.34. The maximum absolute atomic E-state index is 12.7. The lowest BCUT2D eigenvalue weighted by molar-refractivity contribution is -0.313. The predicted molar refractivity (Wildman–Crippen MR) is 101 cm³/mol. The Morgan fingerprint density at radius 2 is 1.57 bits per heavy atom. The molecule has 1 aliphatic heterocycles. The number of hydrogen-bond donors (Lipinski definition) is 1. The van der Waals surface area contributed by atoms with E-state index in [1.54, 1.807) is 29.2 Å². The van der Waals surface area contributed by atoms with E-state index in [0.29, 0.717) is 50.4 Å². The first-order chi connectivity index (χ1) is 13.4. The van der Waals surface area contributed by atoms with Crippen molar-refractivity contribution in [1.29, 1.82) is 0 Å². The summed E-state index contributed by atoms with van der Waals surface area (Å²) in [5.41, 5.74) is 3.12. The number of carbonyl (C=O) groups is 3. The second-order valence-corrected chi connectivity index (χ2v) is 7.47. The molecule has 0 bridgehead atoms. The summed E-state index contributed by atoms with van der Waals surface area (Å²) in [5, 5.41) is 14.3. The van der Waals surface area contributed by atoms with Gasteiger partial charge in [0.05, 0.1) is 19.1 Å². The molecular weight excluding hydrogens is 360 g/mol. The summed E-state index contributed by atoms with van der Waals surface area (Å²) >= 11 is 0. The van der Waals surface area contributed by atoms with E-state index in [4.69, 9.17) is 4.74 Å². The smallest absolute Gasteiger partial charge is 0.254 e. The third-order valence-electron chi connectivity index (χ3n) is 5.60. The molecule has 1 aromatic carbocycles. The zero-order valence-corrected chi connectivity index (χ0v) is 16.2. The van der Waals surface area contributed by atoms with Gasteiger partial charge in [0.15, 0.2) is 0 Å². The van der Waals surface area contributed by atoms with Crippen molar-refractivity contribution in [2.45, 2.75) is 26.7 Å². The number of benzene rings is 1. The summed E-state index contributed by atoms with van der Waals surface area (Å²) in [5.74, 6) is -3.09. The molecule has 0 spiro atoms. The van der Waals surface area contributed by atoms with Crippen molar-refractivity contribution in [2.24, 2.45) is 11.8 Å². The molecule has 2 amide bonds. The summed E-state index contributed by atoms with van der Waals surface area (Å²) in [6.07, 6.45) is 0.739. The van der Waals surface area contributed by atoms with Crippen LogP contribution in [-0.4, -0.2) is 49.0 Å². The summed E-state index contributed by atoms with van der Waals surface area (Å²) in [4.78, 5) is 38.4. The number of aliphatic carboxylic acids is 1. The molecule has 7 heteroatoms. The Bertz CT molecular complexity index is 794. The van der Waals surface area contributed by atoms with Crippen LogP contribution in [0.3, 0.4) is 0 Å². The fourth-order valence-corrected chi connectivity index (χ4v) is 3.70. The minimum Gasteiger partial charge on any atom is -0.550 e. The van der Waals surface area contributed by atoms with Crippen molar-refractivity contribution in [3.63, 3.8) is 0 Å². The summed E-state index contributed by atoms with van der Waals surface area (Å²) in [6, 6.07) is 6.66. The zero-order chi connectivity index (χ0) is 20.3. The molecule has 0 aromatic heterocycles. The van der Waals surface area contributed by atoms with Crippen LogP contribution in [0.25, 0.3) is 0 Å². The first-order valence-corrected chi connectivity index (χ1v) is 9.51. The van der Waals surface area contributed by atoms with E-state index in [1.165, 1.54) is 0 Å². The average molecular weight is 385 g/mol. The minimum atomic E-state index is -1.20. The van der Waals surface area contributed by atoms with Crippen molar-refractivity contribution >= 4 is 23.5 Å². The Balaban J connectivity index is 1.67. The van der Waals surface area contributed by atoms with Crippen molar-refractivity contribution in [1.82, 2.24) is 4.90 Å². The van der Waals surface area contributed by atoms with Gasteiger partial charge in [-0.25, -0.2) is 0 Å². The van der Waals surface area contributed by atoms with Crippen LogP contribution in [-0.2, 0) is 14.3 Å². The van der Waals surface area contributed by atoms with Crippen LogP contribution in [0.5, 0.6) is 0 Å². The number of morpholine rings is 1. The molecule has 3 rings (SSSR count). The molecule has 1 fully saturated rings. The van der Waals surface area contributed by atoms with Gasteiger partial charge >= 0.3 is 0 Å². The number of carbonyl (C=O) groups excluding carboxylic acids is 3. The molecule has 1 heterocycles. The lowest BCUT2D eigenvalue weighted by Crippen LogP contribution is -2.42. The standard InChI is InChI=1S/C21H26N2O5/c1-13-11-17(18(21(26)27)12-14(13)2)19(24)22-16-5-3-15(4-6-16)20(25)23-7-9-28-10-8-23/h3-6,17-18H,7-12H2,1-2H3,(H,22,24)(H,26,27)/p-1/t17-,18+/m0/s1. The van der Waals surface area contributed by atoms with Gasteiger partial charge in [-0.1, -0.05) is 11.1 Å². The van der Waals surface area contributed by atoms with Gasteiger partial charge in [0.25, 0.3) is 5.91 Å². The lowest BCUT2D eigenvalue weighted by Gasteiger charge is -2.32. The van der Waals surface area contributed by atoms with Crippen molar-refractivity contribution < 1.29 is 24.2 Å². The van der Waals surface area contributed by atoms with Gasteiger partial charge < -0.3 is 24.9 Å². The van der Waals surface area contributed by atoms with E-state index in [9.17, 15) is 19.5 Å². The fraction of sp³-hybridized carbons (Fsp3) is 0.476. The fourth-order valence-electron chi connectivity index (χ4n) is 3.70. The van der Waals surface area contributed by atoms with Crippen molar-refractivity contribution in [3.05, 3.63) is 41.0 Å². The number of carboxylic acids is 1. The number of ether oxygens (including phenoxy) is 1. The van der Waals surface area contributed by atoms with Gasteiger partial charge in [-0.15, -0.1) is 0 Å². The molecule has 2 atom stereocenters. The van der Waals surface area contributed by atoms with Crippen LogP contribution in [0.2, 0.25) is 0 Å². The number of hydrogen-bond acceptors (Lipinski definition) is 5. The maximum atomic E-state index is 12.7. The number of nitrogens with one attached hydrogen (secondary N) is 1. The molecule has 150 valence electrons. The van der Waals surface area contributed by atoms with Crippen LogP contribution in [0.1, 0.15) is 37.0 Å².